The summed E-state index contributed by atoms with van der Waals surface area (Å²) in [5.41, 5.74) is 1.05. The number of sulfonamides is 1. The molecule has 0 spiro atoms. The molecule has 26 heavy (non-hydrogen) atoms. The van der Waals surface area contributed by atoms with Crippen molar-refractivity contribution < 1.29 is 13.2 Å². The summed E-state index contributed by atoms with van der Waals surface area (Å²) < 4.78 is 27.8. The highest BCUT2D eigenvalue weighted by Crippen LogP contribution is 2.19. The van der Waals surface area contributed by atoms with Crippen molar-refractivity contribution in [2.24, 2.45) is 0 Å². The number of hydrogen-bond acceptors (Lipinski definition) is 3. The lowest BCUT2D eigenvalue weighted by molar-refractivity contribution is 0.102. The number of hydrogen-bond donors (Lipinski definition) is 2. The summed E-state index contributed by atoms with van der Waals surface area (Å²) in [4.78, 5) is 12.5. The van der Waals surface area contributed by atoms with E-state index in [-0.39, 0.29) is 10.8 Å². The van der Waals surface area contributed by atoms with Crippen LogP contribution >= 0.6 is 15.9 Å². The summed E-state index contributed by atoms with van der Waals surface area (Å²) in [5.74, 6) is -0.262. The third kappa shape index (κ3) is 5.93. The molecule has 7 heteroatoms. The lowest BCUT2D eigenvalue weighted by Crippen LogP contribution is -2.24. The van der Waals surface area contributed by atoms with Crippen LogP contribution in [0.25, 0.3) is 0 Å². The number of benzene rings is 2. The Kier molecular flexibility index (Phi) is 7.81. The van der Waals surface area contributed by atoms with Crippen molar-refractivity contribution in [3.05, 3.63) is 58.6 Å². The van der Waals surface area contributed by atoms with Gasteiger partial charge in [-0.05, 0) is 58.7 Å². The molecule has 140 valence electrons. The molecular formula is C19H23BrN2O3S. The smallest absolute Gasteiger partial charge is 0.256 e. The summed E-state index contributed by atoms with van der Waals surface area (Å²) in [6, 6.07) is 13.3. The highest BCUT2D eigenvalue weighted by atomic mass is 79.9. The number of anilines is 1. The van der Waals surface area contributed by atoms with Gasteiger partial charge in [-0.15, -0.1) is 0 Å². The van der Waals surface area contributed by atoms with Crippen LogP contribution < -0.4 is 10.0 Å². The Morgan fingerprint density at radius 1 is 1.00 bits per heavy atom. The number of halogens is 1. The minimum atomic E-state index is -3.52. The maximum Gasteiger partial charge on any atom is 0.256 e. The molecular weight excluding hydrogens is 416 g/mol. The van der Waals surface area contributed by atoms with Gasteiger partial charge in [-0.2, -0.15) is 0 Å². The first-order valence-electron chi connectivity index (χ1n) is 8.59. The fourth-order valence-corrected chi connectivity index (χ4v) is 3.94. The van der Waals surface area contributed by atoms with Gasteiger partial charge in [0.25, 0.3) is 5.91 Å². The molecule has 5 nitrogen and oxygen atoms in total. The number of rotatable bonds is 9. The Morgan fingerprint density at radius 2 is 1.69 bits per heavy atom. The van der Waals surface area contributed by atoms with Crippen molar-refractivity contribution >= 4 is 37.5 Å². The number of carbonyl (C=O) groups excluding carboxylic acids is 1. The monoisotopic (exact) mass is 438 g/mol. The fraction of sp³-hybridized carbons (Fsp3) is 0.316. The normalized spacial score (nSPS) is 11.3. The van der Waals surface area contributed by atoms with Crippen LogP contribution in [0, 0.1) is 0 Å². The number of carbonyl (C=O) groups is 1. The van der Waals surface area contributed by atoms with Gasteiger partial charge in [0.2, 0.25) is 10.0 Å². The van der Waals surface area contributed by atoms with Crippen LogP contribution in [0.5, 0.6) is 0 Å². The van der Waals surface area contributed by atoms with E-state index in [0.717, 1.165) is 25.7 Å². The van der Waals surface area contributed by atoms with Crippen LogP contribution in [0.3, 0.4) is 0 Å². The zero-order valence-electron chi connectivity index (χ0n) is 14.7. The first kappa shape index (κ1) is 20.6. The highest BCUT2D eigenvalue weighted by molar-refractivity contribution is 9.10. The second kappa shape index (κ2) is 9.85. The van der Waals surface area contributed by atoms with Crippen LogP contribution in [0.2, 0.25) is 0 Å². The molecule has 0 saturated carbocycles. The molecule has 0 aliphatic carbocycles. The average Bonchev–Trinajstić information content (AvgIpc) is 2.62. The SMILES string of the molecule is CCCCCCNS(=O)(=O)c1ccc(NC(=O)c2ccccc2Br)cc1. The van der Waals surface area contributed by atoms with Crippen molar-refractivity contribution in [3.63, 3.8) is 0 Å². The Balaban J connectivity index is 1.97. The molecule has 0 aliphatic rings. The molecule has 0 saturated heterocycles. The van der Waals surface area contributed by atoms with Crippen LogP contribution in [0.1, 0.15) is 43.0 Å². The molecule has 0 unspecified atom stereocenters. The van der Waals surface area contributed by atoms with Gasteiger partial charge in [0.1, 0.15) is 0 Å². The van der Waals surface area contributed by atoms with Crippen molar-refractivity contribution in [1.29, 1.82) is 0 Å². The molecule has 2 N–H and O–H groups in total. The molecule has 0 atom stereocenters. The van der Waals surface area contributed by atoms with Gasteiger partial charge in [-0.25, -0.2) is 13.1 Å². The Hall–Kier alpha value is -1.70. The number of unbranched alkanes of at least 4 members (excludes halogenated alkanes) is 3. The van der Waals surface area contributed by atoms with E-state index in [4.69, 9.17) is 0 Å². The van der Waals surface area contributed by atoms with Gasteiger partial charge < -0.3 is 5.32 Å². The largest absolute Gasteiger partial charge is 0.322 e. The van der Waals surface area contributed by atoms with Gasteiger partial charge in [0.05, 0.1) is 10.5 Å². The van der Waals surface area contributed by atoms with E-state index >= 15 is 0 Å². The van der Waals surface area contributed by atoms with Crippen LogP contribution in [0.4, 0.5) is 5.69 Å². The van der Waals surface area contributed by atoms with Crippen molar-refractivity contribution in [3.8, 4) is 0 Å². The minimum absolute atomic E-state index is 0.187. The molecule has 0 fully saturated rings. The van der Waals surface area contributed by atoms with Gasteiger partial charge in [0.15, 0.2) is 0 Å². The first-order chi connectivity index (χ1) is 12.4. The molecule has 0 radical (unpaired) electrons. The van der Waals surface area contributed by atoms with Gasteiger partial charge in [-0.3, -0.25) is 4.79 Å². The first-order valence-corrected chi connectivity index (χ1v) is 10.9. The van der Waals surface area contributed by atoms with E-state index in [1.165, 1.54) is 12.1 Å². The minimum Gasteiger partial charge on any atom is -0.322 e. The quantitative estimate of drug-likeness (QED) is 0.563. The maximum absolute atomic E-state index is 12.3. The average molecular weight is 439 g/mol. The molecule has 0 bridgehead atoms. The van der Waals surface area contributed by atoms with E-state index in [9.17, 15) is 13.2 Å². The lowest BCUT2D eigenvalue weighted by Gasteiger charge is -2.09. The van der Waals surface area contributed by atoms with Crippen LogP contribution in [0.15, 0.2) is 57.9 Å². The zero-order chi connectivity index (χ0) is 19.0. The molecule has 0 aliphatic heterocycles. The van der Waals surface area contributed by atoms with E-state index in [1.54, 1.807) is 30.3 Å². The molecule has 0 aromatic heterocycles. The molecule has 2 aromatic rings. The predicted molar refractivity (Wildman–Crippen MR) is 108 cm³/mol. The molecule has 2 rings (SSSR count). The van der Waals surface area contributed by atoms with E-state index in [1.807, 2.05) is 6.07 Å². The van der Waals surface area contributed by atoms with Gasteiger partial charge in [-0.1, -0.05) is 38.3 Å². The Labute approximate surface area is 163 Å². The van der Waals surface area contributed by atoms with E-state index in [0.29, 0.717) is 22.3 Å². The summed E-state index contributed by atoms with van der Waals surface area (Å²) in [6.07, 6.45) is 4.05. The summed E-state index contributed by atoms with van der Waals surface area (Å²) in [6.45, 7) is 2.55. The van der Waals surface area contributed by atoms with Crippen molar-refractivity contribution in [2.45, 2.75) is 37.5 Å². The predicted octanol–water partition coefficient (Wildman–Crippen LogP) is 4.56. The highest BCUT2D eigenvalue weighted by Gasteiger charge is 2.14. The number of amides is 1. The second-order valence-corrected chi connectivity index (χ2v) is 8.54. The van der Waals surface area contributed by atoms with Crippen LogP contribution in [-0.2, 0) is 10.0 Å². The van der Waals surface area contributed by atoms with Gasteiger partial charge >= 0.3 is 0 Å². The van der Waals surface area contributed by atoms with Crippen LogP contribution in [-0.4, -0.2) is 20.9 Å². The summed E-state index contributed by atoms with van der Waals surface area (Å²) in [7, 11) is -3.52. The topological polar surface area (TPSA) is 75.3 Å². The third-order valence-electron chi connectivity index (χ3n) is 3.86. The molecule has 0 heterocycles. The standard InChI is InChI=1S/C19H23BrN2O3S/c1-2-3-4-7-14-21-26(24,25)16-12-10-15(11-13-16)22-19(23)17-8-5-6-9-18(17)20/h5-6,8-13,21H,2-4,7,14H2,1H3,(H,22,23). The van der Waals surface area contributed by atoms with Crippen molar-refractivity contribution in [1.82, 2.24) is 4.72 Å². The lowest BCUT2D eigenvalue weighted by atomic mass is 10.2. The molecule has 1 amide bonds. The van der Waals surface area contributed by atoms with Crippen molar-refractivity contribution in [2.75, 3.05) is 11.9 Å². The maximum atomic E-state index is 12.3. The molecule has 2 aromatic carbocycles. The van der Waals surface area contributed by atoms with E-state index in [2.05, 4.69) is 32.9 Å². The Morgan fingerprint density at radius 3 is 2.35 bits per heavy atom. The summed E-state index contributed by atoms with van der Waals surface area (Å²) in [5, 5.41) is 2.76. The Bertz CT molecular complexity index is 836. The van der Waals surface area contributed by atoms with E-state index < -0.39 is 10.0 Å². The summed E-state index contributed by atoms with van der Waals surface area (Å²) >= 11 is 3.34. The van der Waals surface area contributed by atoms with Gasteiger partial charge in [0, 0.05) is 16.7 Å². The second-order valence-electron chi connectivity index (χ2n) is 5.92. The third-order valence-corrected chi connectivity index (χ3v) is 6.03. The number of nitrogens with one attached hydrogen (secondary N) is 2. The zero-order valence-corrected chi connectivity index (χ0v) is 17.1. The fourth-order valence-electron chi connectivity index (χ4n) is 2.40.